The van der Waals surface area contributed by atoms with Crippen molar-refractivity contribution in [3.05, 3.63) is 71.0 Å². The molecule has 0 saturated carbocycles. The number of carbonyl (C=O) groups is 1. The van der Waals surface area contributed by atoms with E-state index >= 15 is 0 Å². The molecule has 6 nitrogen and oxygen atoms in total. The highest BCUT2D eigenvalue weighted by molar-refractivity contribution is 6.31. The van der Waals surface area contributed by atoms with E-state index in [1.165, 1.54) is 12.4 Å². The smallest absolute Gasteiger partial charge is 0.258 e. The third kappa shape index (κ3) is 4.95. The Morgan fingerprint density at radius 1 is 1.11 bits per heavy atom. The minimum atomic E-state index is -0.298. The Kier molecular flexibility index (Phi) is 5.88. The molecule has 0 unspecified atom stereocenters. The summed E-state index contributed by atoms with van der Waals surface area (Å²) in [5.74, 6) is 0.898. The minimum absolute atomic E-state index is 0.298. The van der Waals surface area contributed by atoms with Gasteiger partial charge in [0.15, 0.2) is 0 Å². The fourth-order valence-corrected chi connectivity index (χ4v) is 2.54. The largest absolute Gasteiger partial charge is 0.494 e. The summed E-state index contributed by atoms with van der Waals surface area (Å²) >= 11 is 5.98. The lowest BCUT2D eigenvalue weighted by atomic mass is 10.2. The Bertz CT molecular complexity index is 928. The minimum Gasteiger partial charge on any atom is -0.494 e. The molecule has 1 heterocycles. The highest BCUT2D eigenvalue weighted by atomic mass is 35.5. The molecule has 0 bridgehead atoms. The van der Waals surface area contributed by atoms with Gasteiger partial charge in [-0.3, -0.25) is 4.79 Å². The van der Waals surface area contributed by atoms with E-state index in [9.17, 15) is 4.79 Å². The number of ether oxygens (including phenoxy) is 1. The second-order valence-electron chi connectivity index (χ2n) is 5.79. The molecule has 2 N–H and O–H groups in total. The first-order chi connectivity index (χ1) is 13.0. The van der Waals surface area contributed by atoms with Gasteiger partial charge in [0, 0.05) is 28.8 Å². The highest BCUT2D eigenvalue weighted by Gasteiger charge is 2.10. The van der Waals surface area contributed by atoms with Gasteiger partial charge in [-0.1, -0.05) is 17.7 Å². The van der Waals surface area contributed by atoms with E-state index < -0.39 is 0 Å². The molecule has 2 aromatic carbocycles. The molecule has 3 rings (SSSR count). The van der Waals surface area contributed by atoms with Gasteiger partial charge < -0.3 is 15.4 Å². The summed E-state index contributed by atoms with van der Waals surface area (Å²) in [6, 6.07) is 12.8. The van der Waals surface area contributed by atoms with Gasteiger partial charge in [-0.25, -0.2) is 9.97 Å². The van der Waals surface area contributed by atoms with Crippen molar-refractivity contribution in [1.82, 2.24) is 9.97 Å². The number of nitrogens with one attached hydrogen (secondary N) is 2. The van der Waals surface area contributed by atoms with Crippen LogP contribution in [0.4, 0.5) is 17.3 Å². The predicted octanol–water partition coefficient (Wildman–Crippen LogP) is 4.83. The lowest BCUT2D eigenvalue weighted by Crippen LogP contribution is -2.14. The molecule has 0 radical (unpaired) electrons. The van der Waals surface area contributed by atoms with Crippen molar-refractivity contribution in [3.63, 3.8) is 0 Å². The summed E-state index contributed by atoms with van der Waals surface area (Å²) < 4.78 is 5.41. The second-order valence-corrected chi connectivity index (χ2v) is 6.23. The Hall–Kier alpha value is -3.12. The maximum atomic E-state index is 12.4. The molecule has 0 aliphatic heterocycles. The van der Waals surface area contributed by atoms with Gasteiger partial charge in [0.05, 0.1) is 12.2 Å². The third-order valence-electron chi connectivity index (χ3n) is 3.78. The normalized spacial score (nSPS) is 10.3. The van der Waals surface area contributed by atoms with E-state index in [0.29, 0.717) is 28.8 Å². The Morgan fingerprint density at radius 2 is 1.81 bits per heavy atom. The fourth-order valence-electron chi connectivity index (χ4n) is 2.36. The lowest BCUT2D eigenvalue weighted by molar-refractivity contribution is 0.102. The van der Waals surface area contributed by atoms with Crippen LogP contribution in [0, 0.1) is 6.92 Å². The van der Waals surface area contributed by atoms with Crippen molar-refractivity contribution in [2.45, 2.75) is 13.8 Å². The zero-order valence-corrected chi connectivity index (χ0v) is 15.7. The summed E-state index contributed by atoms with van der Waals surface area (Å²) in [5, 5.41) is 6.45. The van der Waals surface area contributed by atoms with Crippen LogP contribution < -0.4 is 15.4 Å². The molecule has 0 fully saturated rings. The van der Waals surface area contributed by atoms with Gasteiger partial charge in [0.1, 0.15) is 5.75 Å². The summed E-state index contributed by atoms with van der Waals surface area (Å²) in [4.78, 5) is 20.8. The molecule has 0 spiro atoms. The Morgan fingerprint density at radius 3 is 2.48 bits per heavy atom. The van der Waals surface area contributed by atoms with E-state index in [1.54, 1.807) is 12.1 Å². The van der Waals surface area contributed by atoms with Gasteiger partial charge in [0.2, 0.25) is 5.95 Å². The number of amides is 1. The average molecular weight is 383 g/mol. The van der Waals surface area contributed by atoms with E-state index in [1.807, 2.05) is 44.2 Å². The molecule has 3 aromatic rings. The SMILES string of the molecule is CCOc1ccc(Nc2ncc(C(=O)Nc3cc(Cl)ccc3C)cn2)cc1. The topological polar surface area (TPSA) is 76.1 Å². The van der Waals surface area contributed by atoms with Crippen LogP contribution in [0.3, 0.4) is 0 Å². The number of aromatic nitrogens is 2. The molecule has 1 aromatic heterocycles. The first-order valence-electron chi connectivity index (χ1n) is 8.44. The van der Waals surface area contributed by atoms with Gasteiger partial charge >= 0.3 is 0 Å². The van der Waals surface area contributed by atoms with Crippen LogP contribution in [0.2, 0.25) is 5.02 Å². The molecule has 0 atom stereocenters. The first kappa shape index (κ1) is 18.7. The van der Waals surface area contributed by atoms with Crippen molar-refractivity contribution >= 4 is 34.8 Å². The van der Waals surface area contributed by atoms with Crippen molar-refractivity contribution in [1.29, 1.82) is 0 Å². The van der Waals surface area contributed by atoms with Gasteiger partial charge in [-0.05, 0) is 55.8 Å². The van der Waals surface area contributed by atoms with Crippen LogP contribution in [-0.4, -0.2) is 22.5 Å². The third-order valence-corrected chi connectivity index (χ3v) is 4.02. The quantitative estimate of drug-likeness (QED) is 0.638. The van der Waals surface area contributed by atoms with Crippen LogP contribution in [0.1, 0.15) is 22.8 Å². The molecular formula is C20H19ClN4O2. The number of hydrogen-bond acceptors (Lipinski definition) is 5. The highest BCUT2D eigenvalue weighted by Crippen LogP contribution is 2.21. The lowest BCUT2D eigenvalue weighted by Gasteiger charge is -2.09. The van der Waals surface area contributed by atoms with Crippen molar-refractivity contribution in [2.75, 3.05) is 17.2 Å². The van der Waals surface area contributed by atoms with E-state index in [-0.39, 0.29) is 5.91 Å². The van der Waals surface area contributed by atoms with E-state index in [2.05, 4.69) is 20.6 Å². The standard InChI is InChI=1S/C20H19ClN4O2/c1-3-27-17-8-6-16(7-9-17)24-20-22-11-14(12-23-20)19(26)25-18-10-15(21)5-4-13(18)2/h4-12H,3H2,1-2H3,(H,25,26)(H,22,23,24). The second kappa shape index (κ2) is 8.51. The summed E-state index contributed by atoms with van der Waals surface area (Å²) in [6.45, 7) is 4.45. The van der Waals surface area contributed by atoms with Crippen LogP contribution in [-0.2, 0) is 0 Å². The molecule has 138 valence electrons. The zero-order valence-electron chi connectivity index (χ0n) is 15.0. The predicted molar refractivity (Wildman–Crippen MR) is 107 cm³/mol. The number of aryl methyl sites for hydroxylation is 1. The number of halogens is 1. The Balaban J connectivity index is 1.65. The molecule has 0 saturated heterocycles. The summed E-state index contributed by atoms with van der Waals surface area (Å²) in [5.41, 5.74) is 2.75. The number of nitrogens with zero attached hydrogens (tertiary/aromatic N) is 2. The zero-order chi connectivity index (χ0) is 19.2. The first-order valence-corrected chi connectivity index (χ1v) is 8.82. The van der Waals surface area contributed by atoms with Crippen molar-refractivity contribution in [3.8, 4) is 5.75 Å². The van der Waals surface area contributed by atoms with Crippen LogP contribution in [0.15, 0.2) is 54.9 Å². The number of carbonyl (C=O) groups excluding carboxylic acids is 1. The number of benzene rings is 2. The molecular weight excluding hydrogens is 364 g/mol. The number of anilines is 3. The summed E-state index contributed by atoms with van der Waals surface area (Å²) in [7, 11) is 0. The van der Waals surface area contributed by atoms with Crippen molar-refractivity contribution < 1.29 is 9.53 Å². The molecule has 27 heavy (non-hydrogen) atoms. The van der Waals surface area contributed by atoms with Gasteiger partial charge in [-0.15, -0.1) is 0 Å². The molecule has 0 aliphatic carbocycles. The van der Waals surface area contributed by atoms with Crippen LogP contribution in [0.25, 0.3) is 0 Å². The van der Waals surface area contributed by atoms with Gasteiger partial charge in [0.25, 0.3) is 5.91 Å². The summed E-state index contributed by atoms with van der Waals surface area (Å²) in [6.07, 6.45) is 2.94. The maximum Gasteiger partial charge on any atom is 0.258 e. The van der Waals surface area contributed by atoms with Crippen LogP contribution in [0.5, 0.6) is 5.75 Å². The number of hydrogen-bond donors (Lipinski definition) is 2. The maximum absolute atomic E-state index is 12.4. The van der Waals surface area contributed by atoms with Crippen LogP contribution >= 0.6 is 11.6 Å². The number of rotatable bonds is 6. The van der Waals surface area contributed by atoms with Gasteiger partial charge in [-0.2, -0.15) is 0 Å². The average Bonchev–Trinajstić information content (AvgIpc) is 2.67. The Labute approximate surface area is 162 Å². The van der Waals surface area contributed by atoms with E-state index in [0.717, 1.165) is 17.0 Å². The monoisotopic (exact) mass is 382 g/mol. The molecule has 7 heteroatoms. The van der Waals surface area contributed by atoms with E-state index in [4.69, 9.17) is 16.3 Å². The molecule has 0 aliphatic rings. The molecule has 1 amide bonds. The fraction of sp³-hybridized carbons (Fsp3) is 0.150. The van der Waals surface area contributed by atoms with Crippen molar-refractivity contribution in [2.24, 2.45) is 0 Å².